The van der Waals surface area contributed by atoms with Crippen molar-refractivity contribution in [1.29, 1.82) is 0 Å². The summed E-state index contributed by atoms with van der Waals surface area (Å²) >= 11 is 0. The van der Waals surface area contributed by atoms with E-state index in [0.29, 0.717) is 6.61 Å². The van der Waals surface area contributed by atoms with E-state index in [2.05, 4.69) is 4.90 Å². The lowest BCUT2D eigenvalue weighted by Gasteiger charge is -2.36. The van der Waals surface area contributed by atoms with Gasteiger partial charge in [-0.05, 0) is 25.9 Å². The highest BCUT2D eigenvalue weighted by atomic mass is 16.5. The van der Waals surface area contributed by atoms with Crippen LogP contribution in [0.15, 0.2) is 0 Å². The Labute approximate surface area is 86.0 Å². The number of piperidine rings is 1. The molecule has 0 aromatic rings. The number of ether oxygens (including phenoxy) is 1. The molecule has 14 heavy (non-hydrogen) atoms. The standard InChI is InChI=1S/C10H22N2O2/c1-14-8-9(11)10(7-13)12-5-3-2-4-6-12/h9-10,13H,2-8,11H2,1H3. The van der Waals surface area contributed by atoms with E-state index in [0.717, 1.165) is 13.1 Å². The van der Waals surface area contributed by atoms with Crippen molar-refractivity contribution >= 4 is 0 Å². The molecule has 1 fully saturated rings. The zero-order valence-electron chi connectivity index (χ0n) is 8.98. The van der Waals surface area contributed by atoms with Crippen molar-refractivity contribution in [3.05, 3.63) is 0 Å². The predicted molar refractivity (Wildman–Crippen MR) is 56.1 cm³/mol. The topological polar surface area (TPSA) is 58.7 Å². The van der Waals surface area contributed by atoms with Gasteiger partial charge in [-0.25, -0.2) is 0 Å². The Kier molecular flexibility index (Phi) is 5.40. The SMILES string of the molecule is COCC(N)C(CO)N1CCCCC1. The van der Waals surface area contributed by atoms with E-state index in [1.165, 1.54) is 19.3 Å². The molecule has 4 nitrogen and oxygen atoms in total. The van der Waals surface area contributed by atoms with E-state index < -0.39 is 0 Å². The molecule has 2 atom stereocenters. The Hall–Kier alpha value is -0.160. The molecule has 0 aliphatic carbocycles. The van der Waals surface area contributed by atoms with Crippen molar-refractivity contribution in [3.63, 3.8) is 0 Å². The van der Waals surface area contributed by atoms with Gasteiger partial charge in [0.1, 0.15) is 0 Å². The molecule has 2 unspecified atom stereocenters. The van der Waals surface area contributed by atoms with Gasteiger partial charge in [0.2, 0.25) is 0 Å². The second kappa shape index (κ2) is 6.35. The van der Waals surface area contributed by atoms with Crippen LogP contribution in [0.2, 0.25) is 0 Å². The van der Waals surface area contributed by atoms with E-state index in [4.69, 9.17) is 10.5 Å². The summed E-state index contributed by atoms with van der Waals surface area (Å²) < 4.78 is 5.01. The highest BCUT2D eigenvalue weighted by Crippen LogP contribution is 2.13. The number of aliphatic hydroxyl groups excluding tert-OH is 1. The van der Waals surface area contributed by atoms with Crippen LogP contribution in [0.1, 0.15) is 19.3 Å². The highest BCUT2D eigenvalue weighted by Gasteiger charge is 2.25. The monoisotopic (exact) mass is 202 g/mol. The Bertz CT molecular complexity index is 149. The predicted octanol–water partition coefficient (Wildman–Crippen LogP) is -0.193. The molecule has 0 aromatic carbocycles. The molecule has 0 spiro atoms. The van der Waals surface area contributed by atoms with Gasteiger partial charge in [-0.2, -0.15) is 0 Å². The Morgan fingerprint density at radius 2 is 2.00 bits per heavy atom. The number of hydrogen-bond donors (Lipinski definition) is 2. The van der Waals surface area contributed by atoms with Crippen LogP contribution in [0, 0.1) is 0 Å². The first-order chi connectivity index (χ1) is 6.79. The average Bonchev–Trinajstić information content (AvgIpc) is 2.21. The van der Waals surface area contributed by atoms with Gasteiger partial charge in [-0.15, -0.1) is 0 Å². The van der Waals surface area contributed by atoms with Crippen LogP contribution in [0.25, 0.3) is 0 Å². The molecular weight excluding hydrogens is 180 g/mol. The van der Waals surface area contributed by atoms with E-state index >= 15 is 0 Å². The minimum atomic E-state index is -0.0805. The fraction of sp³-hybridized carbons (Fsp3) is 1.00. The zero-order valence-corrected chi connectivity index (χ0v) is 8.98. The smallest absolute Gasteiger partial charge is 0.0629 e. The summed E-state index contributed by atoms with van der Waals surface area (Å²) in [6.07, 6.45) is 3.74. The van der Waals surface area contributed by atoms with E-state index in [-0.39, 0.29) is 18.7 Å². The second-order valence-corrected chi connectivity index (χ2v) is 3.97. The zero-order chi connectivity index (χ0) is 10.4. The highest BCUT2D eigenvalue weighted by molar-refractivity contribution is 4.83. The second-order valence-electron chi connectivity index (χ2n) is 3.97. The average molecular weight is 202 g/mol. The molecule has 84 valence electrons. The summed E-state index contributed by atoms with van der Waals surface area (Å²) in [5.41, 5.74) is 5.94. The lowest BCUT2D eigenvalue weighted by molar-refractivity contribution is 0.0591. The van der Waals surface area contributed by atoms with Crippen molar-refractivity contribution in [2.24, 2.45) is 5.73 Å². The van der Waals surface area contributed by atoms with Crippen molar-refractivity contribution in [3.8, 4) is 0 Å². The van der Waals surface area contributed by atoms with Crippen LogP contribution in [0.3, 0.4) is 0 Å². The molecule has 1 rings (SSSR count). The van der Waals surface area contributed by atoms with Crippen molar-refractivity contribution < 1.29 is 9.84 Å². The minimum Gasteiger partial charge on any atom is -0.395 e. The van der Waals surface area contributed by atoms with Crippen LogP contribution < -0.4 is 5.73 Å². The van der Waals surface area contributed by atoms with Crippen molar-refractivity contribution in [2.45, 2.75) is 31.3 Å². The number of hydrogen-bond acceptors (Lipinski definition) is 4. The van der Waals surface area contributed by atoms with Gasteiger partial charge in [0, 0.05) is 13.2 Å². The van der Waals surface area contributed by atoms with Gasteiger partial charge in [0.15, 0.2) is 0 Å². The largest absolute Gasteiger partial charge is 0.395 e. The molecule has 1 aliphatic heterocycles. The first kappa shape index (κ1) is 11.9. The van der Waals surface area contributed by atoms with Crippen LogP contribution in [0.4, 0.5) is 0 Å². The number of rotatable bonds is 5. The first-order valence-corrected chi connectivity index (χ1v) is 5.39. The number of likely N-dealkylation sites (tertiary alicyclic amines) is 1. The van der Waals surface area contributed by atoms with Crippen molar-refractivity contribution in [2.75, 3.05) is 33.4 Å². The van der Waals surface area contributed by atoms with Crippen LogP contribution in [-0.4, -0.2) is 55.5 Å². The van der Waals surface area contributed by atoms with E-state index in [1.807, 2.05) is 0 Å². The molecule has 3 N–H and O–H groups in total. The Morgan fingerprint density at radius 3 is 2.50 bits per heavy atom. The van der Waals surface area contributed by atoms with Gasteiger partial charge < -0.3 is 15.6 Å². The molecule has 0 radical (unpaired) electrons. The molecule has 1 heterocycles. The minimum absolute atomic E-state index is 0.0650. The lowest BCUT2D eigenvalue weighted by atomic mass is 10.0. The summed E-state index contributed by atoms with van der Waals surface area (Å²) in [6.45, 7) is 2.76. The van der Waals surface area contributed by atoms with Crippen LogP contribution in [-0.2, 0) is 4.74 Å². The molecule has 0 amide bonds. The molecule has 0 aromatic heterocycles. The number of nitrogens with two attached hydrogens (primary N) is 1. The van der Waals surface area contributed by atoms with Gasteiger partial charge in [0.05, 0.1) is 19.3 Å². The fourth-order valence-electron chi connectivity index (χ4n) is 2.08. The third kappa shape index (κ3) is 3.20. The molecular formula is C10H22N2O2. The summed E-state index contributed by atoms with van der Waals surface area (Å²) in [5.74, 6) is 0. The third-order valence-corrected chi connectivity index (χ3v) is 2.90. The Balaban J connectivity index is 2.41. The first-order valence-electron chi connectivity index (χ1n) is 5.39. The number of methoxy groups -OCH3 is 1. The number of nitrogens with zero attached hydrogens (tertiary/aromatic N) is 1. The van der Waals surface area contributed by atoms with Gasteiger partial charge in [-0.3, -0.25) is 4.90 Å². The maximum absolute atomic E-state index is 9.30. The van der Waals surface area contributed by atoms with Gasteiger partial charge in [0.25, 0.3) is 0 Å². The lowest BCUT2D eigenvalue weighted by Crippen LogP contribution is -2.53. The Morgan fingerprint density at radius 1 is 1.36 bits per heavy atom. The molecule has 0 saturated carbocycles. The quantitative estimate of drug-likeness (QED) is 0.648. The van der Waals surface area contributed by atoms with E-state index in [9.17, 15) is 5.11 Å². The van der Waals surface area contributed by atoms with Gasteiger partial charge >= 0.3 is 0 Å². The van der Waals surface area contributed by atoms with Gasteiger partial charge in [-0.1, -0.05) is 6.42 Å². The third-order valence-electron chi connectivity index (χ3n) is 2.90. The molecule has 0 bridgehead atoms. The van der Waals surface area contributed by atoms with Crippen molar-refractivity contribution in [1.82, 2.24) is 4.90 Å². The maximum Gasteiger partial charge on any atom is 0.0629 e. The normalized spacial score (nSPS) is 23.4. The summed E-state index contributed by atoms with van der Waals surface area (Å²) in [5, 5.41) is 9.30. The summed E-state index contributed by atoms with van der Waals surface area (Å²) in [7, 11) is 1.64. The molecule has 1 saturated heterocycles. The summed E-state index contributed by atoms with van der Waals surface area (Å²) in [6, 6.07) is -0.0154. The molecule has 1 aliphatic rings. The van der Waals surface area contributed by atoms with E-state index in [1.54, 1.807) is 7.11 Å². The fourth-order valence-corrected chi connectivity index (χ4v) is 2.08. The molecule has 4 heteroatoms. The number of aliphatic hydroxyl groups is 1. The van der Waals surface area contributed by atoms with Crippen LogP contribution in [0.5, 0.6) is 0 Å². The maximum atomic E-state index is 9.30. The van der Waals surface area contributed by atoms with Crippen LogP contribution >= 0.6 is 0 Å². The summed E-state index contributed by atoms with van der Waals surface area (Å²) in [4.78, 5) is 2.28.